The Labute approximate surface area is 99.5 Å². The zero-order valence-electron chi connectivity index (χ0n) is 9.86. The average Bonchev–Trinajstić information content (AvgIpc) is 2.76. The number of nitrogens with two attached hydrogens (primary N) is 1. The third kappa shape index (κ3) is 2.33. The molecule has 0 saturated carbocycles. The first-order chi connectivity index (χ1) is 8.24. The Balaban J connectivity index is 2.45. The second-order valence-corrected chi connectivity index (χ2v) is 3.50. The second kappa shape index (κ2) is 4.78. The number of hydrogen-bond donors (Lipinski definition) is 2. The van der Waals surface area contributed by atoms with Crippen molar-refractivity contribution < 1.29 is 9.47 Å². The maximum atomic E-state index is 5.59. The molecule has 2 aromatic rings. The number of nitrogen functional groups attached to an aromatic ring is 1. The predicted molar refractivity (Wildman–Crippen MR) is 66.2 cm³/mol. The van der Waals surface area contributed by atoms with Gasteiger partial charge in [-0.05, 0) is 19.1 Å². The van der Waals surface area contributed by atoms with Crippen molar-refractivity contribution in [2.75, 3.05) is 19.5 Å². The molecular weight excluding hydrogens is 218 g/mol. The van der Waals surface area contributed by atoms with E-state index in [4.69, 9.17) is 15.2 Å². The molecular formula is C12H15N3O2. The zero-order valence-corrected chi connectivity index (χ0v) is 9.86. The molecule has 0 aliphatic rings. The average molecular weight is 233 g/mol. The minimum Gasteiger partial charge on any atom is -0.497 e. The van der Waals surface area contributed by atoms with Gasteiger partial charge in [0.15, 0.2) is 0 Å². The lowest BCUT2D eigenvalue weighted by molar-refractivity contribution is 0.337. The van der Waals surface area contributed by atoms with Crippen LogP contribution in [0.5, 0.6) is 11.5 Å². The highest BCUT2D eigenvalue weighted by molar-refractivity contribution is 5.70. The number of hydrogen-bond acceptors (Lipinski definition) is 4. The first kappa shape index (κ1) is 11.3. The van der Waals surface area contributed by atoms with Gasteiger partial charge >= 0.3 is 0 Å². The fraction of sp³-hybridized carbons (Fsp3) is 0.250. The fourth-order valence-corrected chi connectivity index (χ4v) is 1.60. The fourth-order valence-electron chi connectivity index (χ4n) is 1.60. The topological polar surface area (TPSA) is 73.2 Å². The summed E-state index contributed by atoms with van der Waals surface area (Å²) < 4.78 is 10.7. The molecule has 2 rings (SSSR count). The van der Waals surface area contributed by atoms with Crippen molar-refractivity contribution in [1.82, 2.24) is 10.2 Å². The smallest absolute Gasteiger partial charge is 0.145 e. The number of methoxy groups -OCH3 is 1. The Bertz CT molecular complexity index is 508. The number of H-pyrrole nitrogens is 1. The highest BCUT2D eigenvalue weighted by Gasteiger charge is 2.10. The Morgan fingerprint density at radius 2 is 2.18 bits per heavy atom. The molecule has 5 nitrogen and oxygen atoms in total. The molecule has 17 heavy (non-hydrogen) atoms. The summed E-state index contributed by atoms with van der Waals surface area (Å²) >= 11 is 0. The number of anilines is 1. The van der Waals surface area contributed by atoms with Crippen molar-refractivity contribution in [1.29, 1.82) is 0 Å². The molecule has 90 valence electrons. The normalized spacial score (nSPS) is 10.2. The van der Waals surface area contributed by atoms with E-state index in [1.165, 1.54) is 0 Å². The van der Waals surface area contributed by atoms with Crippen LogP contribution < -0.4 is 15.2 Å². The number of benzene rings is 1. The number of rotatable bonds is 4. The molecule has 0 radical (unpaired) electrons. The van der Waals surface area contributed by atoms with Gasteiger partial charge in [-0.3, -0.25) is 5.10 Å². The van der Waals surface area contributed by atoms with Crippen LogP contribution in [0.15, 0.2) is 24.3 Å². The summed E-state index contributed by atoms with van der Waals surface area (Å²) in [7, 11) is 1.62. The van der Waals surface area contributed by atoms with Gasteiger partial charge in [0, 0.05) is 17.7 Å². The van der Waals surface area contributed by atoms with Crippen molar-refractivity contribution in [3.63, 3.8) is 0 Å². The summed E-state index contributed by atoms with van der Waals surface area (Å²) in [6.45, 7) is 2.52. The van der Waals surface area contributed by atoms with Gasteiger partial charge in [0.2, 0.25) is 0 Å². The lowest BCUT2D eigenvalue weighted by Gasteiger charge is -2.10. The molecule has 3 N–H and O–H groups in total. The van der Waals surface area contributed by atoms with E-state index >= 15 is 0 Å². The summed E-state index contributed by atoms with van der Waals surface area (Å²) in [4.78, 5) is 0. The minimum atomic E-state index is 0.457. The van der Waals surface area contributed by atoms with Crippen LogP contribution in [0.1, 0.15) is 6.92 Å². The summed E-state index contributed by atoms with van der Waals surface area (Å²) in [5, 5.41) is 6.76. The first-order valence-electron chi connectivity index (χ1n) is 5.36. The summed E-state index contributed by atoms with van der Waals surface area (Å²) in [5.41, 5.74) is 7.33. The number of aromatic nitrogens is 2. The molecule has 0 aliphatic heterocycles. The Morgan fingerprint density at radius 3 is 2.76 bits per heavy atom. The van der Waals surface area contributed by atoms with Crippen LogP contribution in [0.4, 0.5) is 5.82 Å². The molecule has 0 bridgehead atoms. The van der Waals surface area contributed by atoms with E-state index in [0.717, 1.165) is 22.8 Å². The number of aromatic amines is 1. The van der Waals surface area contributed by atoms with Gasteiger partial charge in [-0.1, -0.05) is 0 Å². The van der Waals surface area contributed by atoms with E-state index < -0.39 is 0 Å². The predicted octanol–water partition coefficient (Wildman–Crippen LogP) is 2.07. The van der Waals surface area contributed by atoms with Gasteiger partial charge in [0.25, 0.3) is 0 Å². The largest absolute Gasteiger partial charge is 0.497 e. The van der Waals surface area contributed by atoms with E-state index in [1.807, 2.05) is 25.1 Å². The number of ether oxygens (including phenoxy) is 2. The Morgan fingerprint density at radius 1 is 1.35 bits per heavy atom. The zero-order chi connectivity index (χ0) is 12.3. The van der Waals surface area contributed by atoms with Gasteiger partial charge in [-0.15, -0.1) is 0 Å². The van der Waals surface area contributed by atoms with Crippen molar-refractivity contribution in [2.24, 2.45) is 0 Å². The number of nitrogens with zero attached hydrogens (tertiary/aromatic N) is 1. The first-order valence-corrected chi connectivity index (χ1v) is 5.36. The highest BCUT2D eigenvalue weighted by atomic mass is 16.5. The van der Waals surface area contributed by atoms with Crippen molar-refractivity contribution >= 4 is 5.82 Å². The van der Waals surface area contributed by atoms with Crippen LogP contribution >= 0.6 is 0 Å². The SMILES string of the molecule is CCOc1cc(OC)ccc1-c1cc(N)n[nH]1. The van der Waals surface area contributed by atoms with Crippen LogP contribution in [0, 0.1) is 0 Å². The lowest BCUT2D eigenvalue weighted by Crippen LogP contribution is -1.95. The van der Waals surface area contributed by atoms with Crippen LogP contribution in [-0.2, 0) is 0 Å². The molecule has 0 aliphatic carbocycles. The molecule has 0 fully saturated rings. The molecule has 0 saturated heterocycles. The van der Waals surface area contributed by atoms with Gasteiger partial charge in [-0.2, -0.15) is 5.10 Å². The molecule has 1 aromatic carbocycles. The monoisotopic (exact) mass is 233 g/mol. The Kier molecular flexibility index (Phi) is 3.18. The maximum Gasteiger partial charge on any atom is 0.145 e. The van der Waals surface area contributed by atoms with Crippen LogP contribution in [0.2, 0.25) is 0 Å². The molecule has 5 heteroatoms. The van der Waals surface area contributed by atoms with E-state index in [-0.39, 0.29) is 0 Å². The van der Waals surface area contributed by atoms with Crippen LogP contribution in [-0.4, -0.2) is 23.9 Å². The molecule has 0 atom stereocenters. The summed E-state index contributed by atoms with van der Waals surface area (Å²) in [6, 6.07) is 7.39. The second-order valence-electron chi connectivity index (χ2n) is 3.50. The molecule has 0 spiro atoms. The van der Waals surface area contributed by atoms with Gasteiger partial charge in [0.05, 0.1) is 19.4 Å². The third-order valence-electron chi connectivity index (χ3n) is 2.38. The Hall–Kier alpha value is -2.17. The van der Waals surface area contributed by atoms with E-state index in [2.05, 4.69) is 10.2 Å². The van der Waals surface area contributed by atoms with Crippen molar-refractivity contribution in [2.45, 2.75) is 6.92 Å². The van der Waals surface area contributed by atoms with E-state index in [9.17, 15) is 0 Å². The summed E-state index contributed by atoms with van der Waals surface area (Å²) in [6.07, 6.45) is 0. The third-order valence-corrected chi connectivity index (χ3v) is 2.38. The van der Waals surface area contributed by atoms with E-state index in [0.29, 0.717) is 12.4 Å². The van der Waals surface area contributed by atoms with Crippen molar-refractivity contribution in [3.05, 3.63) is 24.3 Å². The van der Waals surface area contributed by atoms with Gasteiger partial charge < -0.3 is 15.2 Å². The molecule has 0 amide bonds. The quantitative estimate of drug-likeness (QED) is 0.847. The van der Waals surface area contributed by atoms with Gasteiger partial charge in [-0.25, -0.2) is 0 Å². The lowest BCUT2D eigenvalue weighted by atomic mass is 10.1. The van der Waals surface area contributed by atoms with Crippen molar-refractivity contribution in [3.8, 4) is 22.8 Å². The minimum absolute atomic E-state index is 0.457. The molecule has 0 unspecified atom stereocenters. The van der Waals surface area contributed by atoms with Crippen LogP contribution in [0.25, 0.3) is 11.3 Å². The van der Waals surface area contributed by atoms with Crippen LogP contribution in [0.3, 0.4) is 0 Å². The standard InChI is InChI=1S/C12H15N3O2/c1-3-17-11-6-8(16-2)4-5-9(11)10-7-12(13)15-14-10/h4-7H,3H2,1-2H3,(H3,13,14,15). The van der Waals surface area contributed by atoms with Gasteiger partial charge in [0.1, 0.15) is 17.3 Å². The molecule has 1 aromatic heterocycles. The molecule has 1 heterocycles. The maximum absolute atomic E-state index is 5.59. The highest BCUT2D eigenvalue weighted by Crippen LogP contribution is 2.32. The van der Waals surface area contributed by atoms with E-state index in [1.54, 1.807) is 13.2 Å². The number of nitrogens with one attached hydrogen (secondary N) is 1. The summed E-state index contributed by atoms with van der Waals surface area (Å²) in [5.74, 6) is 1.96.